The Morgan fingerprint density at radius 2 is 2.16 bits per heavy atom. The van der Waals surface area contributed by atoms with Crippen LogP contribution in [0.2, 0.25) is 0 Å². The van der Waals surface area contributed by atoms with Gasteiger partial charge in [0, 0.05) is 31.0 Å². The molecule has 1 fully saturated rings. The Bertz CT molecular complexity index is 914. The molecule has 0 aliphatic carbocycles. The molecule has 3 N–H and O–H groups in total. The summed E-state index contributed by atoms with van der Waals surface area (Å²) in [7, 11) is 0. The van der Waals surface area contributed by atoms with Crippen molar-refractivity contribution in [1.82, 2.24) is 9.38 Å². The Hall–Kier alpha value is -2.73. The van der Waals surface area contributed by atoms with Crippen molar-refractivity contribution >= 4 is 11.5 Å². The largest absolute Gasteiger partial charge is 0.508 e. The predicted octanol–water partition coefficient (Wildman–Crippen LogP) is 3.31. The minimum atomic E-state index is 0.000273. The van der Waals surface area contributed by atoms with Crippen LogP contribution in [0.3, 0.4) is 0 Å². The number of anilines is 1. The molecule has 0 amide bonds. The summed E-state index contributed by atoms with van der Waals surface area (Å²) in [6.45, 7) is 3.52. The number of nitrogens with zero attached hydrogens (tertiary/aromatic N) is 2. The summed E-state index contributed by atoms with van der Waals surface area (Å²) in [6.07, 6.45) is 4.29. The third-order valence-electron chi connectivity index (χ3n) is 4.54. The van der Waals surface area contributed by atoms with E-state index in [0.29, 0.717) is 17.8 Å². The quantitative estimate of drug-likeness (QED) is 0.680. The summed E-state index contributed by atoms with van der Waals surface area (Å²) < 4.78 is 7.67. The minimum absolute atomic E-state index is 0.000273. The van der Waals surface area contributed by atoms with Crippen LogP contribution < -0.4 is 5.32 Å². The molecule has 1 aliphatic rings. The third kappa shape index (κ3) is 3.00. The Balaban J connectivity index is 1.79. The molecule has 130 valence electrons. The van der Waals surface area contributed by atoms with E-state index in [1.807, 2.05) is 29.7 Å². The van der Waals surface area contributed by atoms with Gasteiger partial charge in [-0.3, -0.25) is 4.40 Å². The number of aryl methyl sites for hydroxylation is 1. The second kappa shape index (κ2) is 6.29. The van der Waals surface area contributed by atoms with Crippen molar-refractivity contribution in [2.45, 2.75) is 25.9 Å². The SMILES string of the molecule is Cc1ccn2c(NC[C@H]3CCCO3)c(-c3ccc(O)cc3O)nc2c1. The Kier molecular flexibility index (Phi) is 3.97. The average Bonchev–Trinajstić information content (AvgIpc) is 3.20. The van der Waals surface area contributed by atoms with Gasteiger partial charge in [0.15, 0.2) is 0 Å². The molecule has 6 heteroatoms. The Labute approximate surface area is 145 Å². The van der Waals surface area contributed by atoms with E-state index in [1.165, 1.54) is 6.07 Å². The number of ether oxygens (including phenoxy) is 1. The molecule has 3 heterocycles. The van der Waals surface area contributed by atoms with Crippen molar-refractivity contribution in [2.75, 3.05) is 18.5 Å². The zero-order valence-electron chi connectivity index (χ0n) is 14.1. The van der Waals surface area contributed by atoms with Crippen LogP contribution in [0.4, 0.5) is 5.82 Å². The molecule has 2 aromatic heterocycles. The van der Waals surface area contributed by atoms with Gasteiger partial charge < -0.3 is 20.3 Å². The summed E-state index contributed by atoms with van der Waals surface area (Å²) in [6, 6.07) is 8.57. The summed E-state index contributed by atoms with van der Waals surface area (Å²) in [5.41, 5.74) is 3.15. The van der Waals surface area contributed by atoms with E-state index >= 15 is 0 Å². The monoisotopic (exact) mass is 339 g/mol. The van der Waals surface area contributed by atoms with Crippen molar-refractivity contribution < 1.29 is 14.9 Å². The van der Waals surface area contributed by atoms with Crippen LogP contribution in [0.1, 0.15) is 18.4 Å². The number of nitrogens with one attached hydrogen (secondary N) is 1. The number of phenols is 2. The average molecular weight is 339 g/mol. The summed E-state index contributed by atoms with van der Waals surface area (Å²) in [4.78, 5) is 4.70. The number of phenolic OH excluding ortho intramolecular Hbond substituents is 2. The number of pyridine rings is 1. The molecule has 6 nitrogen and oxygen atoms in total. The molecule has 4 rings (SSSR count). The van der Waals surface area contributed by atoms with Crippen molar-refractivity contribution in [3.05, 3.63) is 42.1 Å². The fourth-order valence-electron chi connectivity index (χ4n) is 3.24. The number of hydrogen-bond acceptors (Lipinski definition) is 5. The number of aromatic nitrogens is 2. The van der Waals surface area contributed by atoms with Crippen molar-refractivity contribution in [3.8, 4) is 22.8 Å². The van der Waals surface area contributed by atoms with Gasteiger partial charge in [-0.25, -0.2) is 4.98 Å². The van der Waals surface area contributed by atoms with Crippen molar-refractivity contribution in [1.29, 1.82) is 0 Å². The van der Waals surface area contributed by atoms with Gasteiger partial charge in [-0.2, -0.15) is 0 Å². The zero-order valence-corrected chi connectivity index (χ0v) is 14.1. The Morgan fingerprint density at radius 3 is 2.92 bits per heavy atom. The highest BCUT2D eigenvalue weighted by Crippen LogP contribution is 2.36. The van der Waals surface area contributed by atoms with Gasteiger partial charge in [-0.15, -0.1) is 0 Å². The van der Waals surface area contributed by atoms with E-state index in [2.05, 4.69) is 5.32 Å². The lowest BCUT2D eigenvalue weighted by atomic mass is 10.1. The van der Waals surface area contributed by atoms with Crippen LogP contribution in [-0.2, 0) is 4.74 Å². The van der Waals surface area contributed by atoms with Crippen LogP contribution in [0.15, 0.2) is 36.5 Å². The number of benzene rings is 1. The number of rotatable bonds is 4. The van der Waals surface area contributed by atoms with Gasteiger partial charge in [0.2, 0.25) is 0 Å². The van der Waals surface area contributed by atoms with E-state index in [9.17, 15) is 10.2 Å². The number of aromatic hydroxyl groups is 2. The maximum Gasteiger partial charge on any atom is 0.139 e. The van der Waals surface area contributed by atoms with E-state index in [1.54, 1.807) is 12.1 Å². The first-order chi connectivity index (χ1) is 12.1. The van der Waals surface area contributed by atoms with E-state index in [-0.39, 0.29) is 17.6 Å². The molecule has 0 bridgehead atoms. The molecule has 0 saturated carbocycles. The highest BCUT2D eigenvalue weighted by Gasteiger charge is 2.20. The van der Waals surface area contributed by atoms with Crippen LogP contribution >= 0.6 is 0 Å². The highest BCUT2D eigenvalue weighted by molar-refractivity contribution is 5.80. The fourth-order valence-corrected chi connectivity index (χ4v) is 3.24. The van der Waals surface area contributed by atoms with E-state index in [0.717, 1.165) is 36.5 Å². The van der Waals surface area contributed by atoms with Gasteiger partial charge in [-0.05, 0) is 49.6 Å². The van der Waals surface area contributed by atoms with Gasteiger partial charge in [0.25, 0.3) is 0 Å². The number of fused-ring (bicyclic) bond motifs is 1. The topological polar surface area (TPSA) is 79.0 Å². The van der Waals surface area contributed by atoms with Crippen molar-refractivity contribution in [2.24, 2.45) is 0 Å². The van der Waals surface area contributed by atoms with Gasteiger partial charge in [-0.1, -0.05) is 0 Å². The lowest BCUT2D eigenvalue weighted by molar-refractivity contribution is 0.120. The number of imidazole rings is 1. The molecule has 3 aromatic rings. The molecule has 1 aromatic carbocycles. The first-order valence-electron chi connectivity index (χ1n) is 8.48. The van der Waals surface area contributed by atoms with Crippen LogP contribution in [0.5, 0.6) is 11.5 Å². The second-order valence-corrected chi connectivity index (χ2v) is 6.46. The number of hydrogen-bond donors (Lipinski definition) is 3. The zero-order chi connectivity index (χ0) is 17.4. The second-order valence-electron chi connectivity index (χ2n) is 6.46. The maximum absolute atomic E-state index is 10.3. The molecule has 0 radical (unpaired) electrons. The molecule has 25 heavy (non-hydrogen) atoms. The molecular weight excluding hydrogens is 318 g/mol. The predicted molar refractivity (Wildman–Crippen MR) is 96.2 cm³/mol. The molecule has 0 unspecified atom stereocenters. The first kappa shape index (κ1) is 15.8. The highest BCUT2D eigenvalue weighted by atomic mass is 16.5. The molecule has 1 aliphatic heterocycles. The van der Waals surface area contributed by atoms with Crippen molar-refractivity contribution in [3.63, 3.8) is 0 Å². The fraction of sp³-hybridized carbons (Fsp3) is 0.316. The maximum atomic E-state index is 10.3. The minimum Gasteiger partial charge on any atom is -0.508 e. The van der Waals surface area contributed by atoms with E-state index < -0.39 is 0 Å². The van der Waals surface area contributed by atoms with Crippen LogP contribution in [-0.4, -0.2) is 38.9 Å². The molecule has 1 atom stereocenters. The van der Waals surface area contributed by atoms with Crippen LogP contribution in [0, 0.1) is 6.92 Å². The summed E-state index contributed by atoms with van der Waals surface area (Å²) in [5.74, 6) is 0.835. The lowest BCUT2D eigenvalue weighted by Gasteiger charge is -2.13. The summed E-state index contributed by atoms with van der Waals surface area (Å²) in [5, 5.41) is 23.3. The smallest absolute Gasteiger partial charge is 0.139 e. The first-order valence-corrected chi connectivity index (χ1v) is 8.48. The third-order valence-corrected chi connectivity index (χ3v) is 4.54. The standard InChI is InChI=1S/C19H21N3O3/c1-12-6-7-22-17(9-12)21-18(15-5-4-13(23)10-16(15)24)19(22)20-11-14-3-2-8-25-14/h4-7,9-10,14,20,23-24H,2-3,8,11H2,1H3/t14-/m1/s1. The molecule has 1 saturated heterocycles. The van der Waals surface area contributed by atoms with Gasteiger partial charge in [0.05, 0.1) is 6.10 Å². The molecule has 0 spiro atoms. The normalized spacial score (nSPS) is 17.2. The Morgan fingerprint density at radius 1 is 1.28 bits per heavy atom. The van der Waals surface area contributed by atoms with Gasteiger partial charge >= 0.3 is 0 Å². The van der Waals surface area contributed by atoms with E-state index in [4.69, 9.17) is 9.72 Å². The lowest BCUT2D eigenvalue weighted by Crippen LogP contribution is -2.19. The summed E-state index contributed by atoms with van der Waals surface area (Å²) >= 11 is 0. The van der Waals surface area contributed by atoms with Crippen LogP contribution in [0.25, 0.3) is 16.9 Å². The molecular formula is C19H21N3O3. The van der Waals surface area contributed by atoms with Gasteiger partial charge in [0.1, 0.15) is 28.7 Å².